The van der Waals surface area contributed by atoms with Gasteiger partial charge in [0.1, 0.15) is 0 Å². The van der Waals surface area contributed by atoms with Crippen molar-refractivity contribution in [3.63, 3.8) is 0 Å². The molecule has 0 unspecified atom stereocenters. The van der Waals surface area contributed by atoms with Gasteiger partial charge in [-0.2, -0.15) is 0 Å². The number of nitrogens with zero attached hydrogens (tertiary/aromatic N) is 1. The predicted molar refractivity (Wildman–Crippen MR) is 140 cm³/mol. The van der Waals surface area contributed by atoms with Crippen LogP contribution in [0.2, 0.25) is 0 Å². The van der Waals surface area contributed by atoms with Gasteiger partial charge in [-0.05, 0) is 25.5 Å². The highest BCUT2D eigenvalue weighted by molar-refractivity contribution is 5.76. The average Bonchev–Trinajstić information content (AvgIpc) is 2.83. The molecule has 0 bridgehead atoms. The summed E-state index contributed by atoms with van der Waals surface area (Å²) in [5, 5.41) is 9.33. The van der Waals surface area contributed by atoms with Crippen LogP contribution in [-0.2, 0) is 11.4 Å². The van der Waals surface area contributed by atoms with Crippen LogP contribution in [0.1, 0.15) is 122 Å². The summed E-state index contributed by atoms with van der Waals surface area (Å²) in [6.45, 7) is 6.06. The summed E-state index contributed by atoms with van der Waals surface area (Å²) in [7, 11) is 0. The van der Waals surface area contributed by atoms with Gasteiger partial charge in [-0.25, -0.2) is 0 Å². The van der Waals surface area contributed by atoms with Crippen LogP contribution in [0.25, 0.3) is 0 Å². The highest BCUT2D eigenvalue weighted by atomic mass is 16.3. The number of benzene rings is 1. The number of aliphatic hydroxyl groups excluding tert-OH is 1. The summed E-state index contributed by atoms with van der Waals surface area (Å²) in [6, 6.07) is 7.54. The third-order valence-corrected chi connectivity index (χ3v) is 5.91. The molecule has 1 aromatic carbocycles. The third-order valence-electron chi connectivity index (χ3n) is 5.91. The van der Waals surface area contributed by atoms with Gasteiger partial charge in [0.15, 0.2) is 0 Å². The summed E-state index contributed by atoms with van der Waals surface area (Å²) in [5.41, 5.74) is 7.03. The van der Waals surface area contributed by atoms with Gasteiger partial charge in [-0.1, -0.05) is 122 Å². The fourth-order valence-corrected chi connectivity index (χ4v) is 3.85. The number of carbonyl (C=O) groups is 1. The number of hydrogen-bond donors (Lipinski definition) is 2. The molecule has 0 aromatic heterocycles. The van der Waals surface area contributed by atoms with E-state index in [1.165, 1.54) is 89.9 Å². The monoisotopic (exact) mass is 448 g/mol. The quantitative estimate of drug-likeness (QED) is 0.162. The Labute approximate surface area is 199 Å². The van der Waals surface area contributed by atoms with Crippen LogP contribution < -0.4 is 10.6 Å². The molecule has 0 saturated carbocycles. The van der Waals surface area contributed by atoms with Crippen LogP contribution in [0.15, 0.2) is 24.3 Å². The van der Waals surface area contributed by atoms with Crippen molar-refractivity contribution < 1.29 is 9.90 Å². The molecule has 1 rings (SSSR count). The van der Waals surface area contributed by atoms with Crippen molar-refractivity contribution >= 4 is 12.1 Å². The summed E-state index contributed by atoms with van der Waals surface area (Å²) in [5.74, 6) is 0. The van der Waals surface area contributed by atoms with Crippen LogP contribution >= 0.6 is 0 Å². The van der Waals surface area contributed by atoms with Crippen LogP contribution in [-0.4, -0.2) is 24.6 Å². The van der Waals surface area contributed by atoms with Crippen molar-refractivity contribution in [1.29, 1.82) is 0 Å². The minimum absolute atomic E-state index is 0.0298. The Kier molecular flexibility index (Phi) is 23.2. The van der Waals surface area contributed by atoms with Crippen molar-refractivity contribution in [2.45, 2.75) is 123 Å². The molecule has 186 valence electrons. The molecule has 0 saturated heterocycles. The number of aliphatic hydroxyl groups is 1. The number of amides is 1. The van der Waals surface area contributed by atoms with Gasteiger partial charge in [0, 0.05) is 17.8 Å². The second-order valence-electron chi connectivity index (χ2n) is 8.82. The Morgan fingerprint density at radius 2 is 1.22 bits per heavy atom. The fourth-order valence-electron chi connectivity index (χ4n) is 3.85. The van der Waals surface area contributed by atoms with E-state index in [1.807, 2.05) is 24.3 Å². The van der Waals surface area contributed by atoms with E-state index in [2.05, 4.69) is 13.8 Å². The number of hydrogen-bond acceptors (Lipinski definition) is 3. The predicted octanol–water partition coefficient (Wildman–Crippen LogP) is 7.37. The van der Waals surface area contributed by atoms with Gasteiger partial charge in [0.2, 0.25) is 6.41 Å². The Hall–Kier alpha value is -1.39. The maximum absolute atomic E-state index is 11.3. The topological polar surface area (TPSA) is 66.6 Å². The molecule has 0 atom stereocenters. The Balaban J connectivity index is 0.000000739. The first-order chi connectivity index (χ1) is 15.7. The lowest BCUT2D eigenvalue weighted by Gasteiger charge is -2.20. The zero-order valence-corrected chi connectivity index (χ0v) is 21.2. The van der Waals surface area contributed by atoms with E-state index in [0.717, 1.165) is 43.6 Å². The molecule has 0 aliphatic rings. The lowest BCUT2D eigenvalue weighted by molar-refractivity contribution is -0.107. The highest BCUT2D eigenvalue weighted by Gasteiger charge is 2.08. The fraction of sp³-hybridized carbons (Fsp3) is 0.750. The lowest BCUT2D eigenvalue weighted by Crippen LogP contribution is -2.23. The maximum Gasteiger partial charge on any atom is 0.214 e. The standard InChI is InChI=1S/C18H29NO2.C10H23N/c1-2-3-4-5-6-7-8-11-14-19(16-21)18-13-10-9-12-17(18)15-20;1-2-3-4-5-6-7-8-9-10-11/h9-10,12-13,16,20H,2-8,11,14-15H2,1H3;2-11H2,1H3. The van der Waals surface area contributed by atoms with E-state index in [1.54, 1.807) is 4.90 Å². The SMILES string of the molecule is CCCCCCCCCCN.CCCCCCCCCCN(C=O)c1ccccc1CO. The number of anilines is 1. The molecule has 4 heteroatoms. The molecule has 4 nitrogen and oxygen atoms in total. The van der Waals surface area contributed by atoms with Gasteiger partial charge in [0.05, 0.1) is 6.61 Å². The Bertz CT molecular complexity index is 514. The summed E-state index contributed by atoms with van der Waals surface area (Å²) in [6.07, 6.45) is 21.9. The van der Waals surface area contributed by atoms with E-state index in [9.17, 15) is 9.90 Å². The number of unbranched alkanes of at least 4 members (excludes halogenated alkanes) is 14. The van der Waals surface area contributed by atoms with Crippen molar-refractivity contribution in [2.75, 3.05) is 18.0 Å². The minimum atomic E-state index is -0.0298. The van der Waals surface area contributed by atoms with Crippen molar-refractivity contribution in [3.8, 4) is 0 Å². The first-order valence-corrected chi connectivity index (χ1v) is 13.4. The van der Waals surface area contributed by atoms with Crippen molar-refractivity contribution in [1.82, 2.24) is 0 Å². The van der Waals surface area contributed by atoms with Gasteiger partial charge >= 0.3 is 0 Å². The number of para-hydroxylation sites is 1. The second kappa shape index (κ2) is 24.3. The number of rotatable bonds is 20. The van der Waals surface area contributed by atoms with E-state index in [4.69, 9.17) is 5.73 Å². The van der Waals surface area contributed by atoms with E-state index in [-0.39, 0.29) is 6.61 Å². The lowest BCUT2D eigenvalue weighted by atomic mass is 10.1. The van der Waals surface area contributed by atoms with Crippen LogP contribution in [0, 0.1) is 0 Å². The maximum atomic E-state index is 11.3. The first kappa shape index (κ1) is 30.6. The molecule has 0 aliphatic heterocycles. The molecular weight excluding hydrogens is 396 g/mol. The summed E-state index contributed by atoms with van der Waals surface area (Å²) < 4.78 is 0. The molecule has 0 spiro atoms. The van der Waals surface area contributed by atoms with E-state index < -0.39 is 0 Å². The van der Waals surface area contributed by atoms with Crippen LogP contribution in [0.3, 0.4) is 0 Å². The van der Waals surface area contributed by atoms with Crippen molar-refractivity contribution in [3.05, 3.63) is 29.8 Å². The molecule has 0 radical (unpaired) electrons. The molecule has 1 amide bonds. The van der Waals surface area contributed by atoms with E-state index >= 15 is 0 Å². The van der Waals surface area contributed by atoms with Crippen LogP contribution in [0.4, 0.5) is 5.69 Å². The molecule has 3 N–H and O–H groups in total. The normalized spacial score (nSPS) is 10.5. The molecule has 32 heavy (non-hydrogen) atoms. The Morgan fingerprint density at radius 1 is 0.750 bits per heavy atom. The zero-order chi connectivity index (χ0) is 23.7. The van der Waals surface area contributed by atoms with Gasteiger partial charge in [-0.15, -0.1) is 0 Å². The average molecular weight is 449 g/mol. The smallest absolute Gasteiger partial charge is 0.214 e. The second-order valence-corrected chi connectivity index (χ2v) is 8.82. The van der Waals surface area contributed by atoms with Gasteiger partial charge in [0.25, 0.3) is 0 Å². The largest absolute Gasteiger partial charge is 0.392 e. The molecule has 1 aromatic rings. The van der Waals surface area contributed by atoms with Crippen LogP contribution in [0.5, 0.6) is 0 Å². The zero-order valence-electron chi connectivity index (χ0n) is 21.2. The molecule has 0 fully saturated rings. The summed E-state index contributed by atoms with van der Waals surface area (Å²) >= 11 is 0. The summed E-state index contributed by atoms with van der Waals surface area (Å²) in [4.78, 5) is 13.0. The van der Waals surface area contributed by atoms with Crippen molar-refractivity contribution in [2.24, 2.45) is 5.73 Å². The first-order valence-electron chi connectivity index (χ1n) is 13.4. The highest BCUT2D eigenvalue weighted by Crippen LogP contribution is 2.20. The number of carbonyl (C=O) groups excluding carboxylic acids is 1. The third kappa shape index (κ3) is 17.2. The van der Waals surface area contributed by atoms with Gasteiger partial charge in [-0.3, -0.25) is 4.79 Å². The Morgan fingerprint density at radius 3 is 1.69 bits per heavy atom. The minimum Gasteiger partial charge on any atom is -0.392 e. The molecule has 0 aliphatic carbocycles. The van der Waals surface area contributed by atoms with E-state index in [0.29, 0.717) is 0 Å². The van der Waals surface area contributed by atoms with Gasteiger partial charge < -0.3 is 15.7 Å². The molecule has 0 heterocycles. The number of nitrogens with two attached hydrogens (primary N) is 1. The molecular formula is C28H52N2O2.